The Bertz CT molecular complexity index is 739. The number of benzene rings is 2. The van der Waals surface area contributed by atoms with Gasteiger partial charge >= 0.3 is 0 Å². The highest BCUT2D eigenvalue weighted by Gasteiger charge is 2.10. The number of aromatic nitrogens is 2. The molecule has 2 N–H and O–H groups in total. The number of fused-ring (bicyclic) bond motifs is 1. The lowest BCUT2D eigenvalue weighted by atomic mass is 10.2. The zero-order chi connectivity index (χ0) is 12.7. The Labute approximate surface area is 107 Å². The third kappa shape index (κ3) is 1.80. The van der Waals surface area contributed by atoms with Crippen molar-refractivity contribution in [2.24, 2.45) is 0 Å². The Morgan fingerprint density at radius 2 is 2.00 bits per heavy atom. The van der Waals surface area contributed by atoms with Gasteiger partial charge in [0.1, 0.15) is 17.4 Å². The maximum absolute atomic E-state index is 12.9. The van der Waals surface area contributed by atoms with Gasteiger partial charge in [-0.15, -0.1) is 0 Å². The van der Waals surface area contributed by atoms with Crippen molar-refractivity contribution in [2.75, 3.05) is 0 Å². The lowest BCUT2D eigenvalue weighted by Gasteiger charge is -2.00. The van der Waals surface area contributed by atoms with Gasteiger partial charge in [-0.1, -0.05) is 11.6 Å². The number of nitrogens with zero attached hydrogens (tertiary/aromatic N) is 1. The normalized spacial score (nSPS) is 11.0. The predicted octanol–water partition coefficient (Wildman–Crippen LogP) is 3.73. The number of hydrogen-bond acceptors (Lipinski definition) is 2. The van der Waals surface area contributed by atoms with E-state index < -0.39 is 5.82 Å². The molecule has 90 valence electrons. The number of nitrogens with one attached hydrogen (secondary N) is 1. The Kier molecular flexibility index (Phi) is 2.45. The van der Waals surface area contributed by atoms with Gasteiger partial charge in [-0.25, -0.2) is 9.37 Å². The van der Waals surface area contributed by atoms with Crippen LogP contribution in [0, 0.1) is 5.82 Å². The van der Waals surface area contributed by atoms with Crippen molar-refractivity contribution in [3.63, 3.8) is 0 Å². The summed E-state index contributed by atoms with van der Waals surface area (Å²) in [5.41, 5.74) is 1.95. The molecule has 3 nitrogen and oxygen atoms in total. The molecule has 0 bridgehead atoms. The van der Waals surface area contributed by atoms with E-state index in [9.17, 15) is 9.50 Å². The summed E-state index contributed by atoms with van der Waals surface area (Å²) in [5, 5.41) is 10.3. The van der Waals surface area contributed by atoms with E-state index in [0.717, 1.165) is 17.1 Å². The van der Waals surface area contributed by atoms with Crippen LogP contribution in [0.1, 0.15) is 0 Å². The second kappa shape index (κ2) is 3.99. The second-order valence-electron chi connectivity index (χ2n) is 3.91. The van der Waals surface area contributed by atoms with E-state index in [1.54, 1.807) is 18.2 Å². The molecule has 1 heterocycles. The van der Waals surface area contributed by atoms with Gasteiger partial charge in [0.25, 0.3) is 0 Å². The molecular weight excluding hydrogens is 255 g/mol. The van der Waals surface area contributed by atoms with Crippen LogP contribution in [0.4, 0.5) is 4.39 Å². The molecule has 18 heavy (non-hydrogen) atoms. The number of aromatic amines is 1. The first kappa shape index (κ1) is 11.0. The van der Waals surface area contributed by atoms with Crippen molar-refractivity contribution in [3.05, 3.63) is 47.2 Å². The molecule has 0 aliphatic carbocycles. The monoisotopic (exact) mass is 262 g/mol. The number of hydrogen-bond donors (Lipinski definition) is 2. The summed E-state index contributed by atoms with van der Waals surface area (Å²) in [5.74, 6) is -0.166. The van der Waals surface area contributed by atoms with Gasteiger partial charge in [0.05, 0.1) is 16.6 Å². The third-order valence-corrected chi connectivity index (χ3v) is 2.89. The van der Waals surface area contributed by atoms with Crippen molar-refractivity contribution >= 4 is 22.6 Å². The van der Waals surface area contributed by atoms with Gasteiger partial charge < -0.3 is 10.1 Å². The molecule has 0 fully saturated rings. The first-order valence-electron chi connectivity index (χ1n) is 5.27. The van der Waals surface area contributed by atoms with E-state index in [0.29, 0.717) is 16.4 Å². The van der Waals surface area contributed by atoms with Crippen LogP contribution in [0.25, 0.3) is 22.4 Å². The van der Waals surface area contributed by atoms with Crippen LogP contribution in [0.3, 0.4) is 0 Å². The van der Waals surface area contributed by atoms with Crippen molar-refractivity contribution in [3.8, 4) is 17.1 Å². The van der Waals surface area contributed by atoms with Crippen LogP contribution < -0.4 is 0 Å². The second-order valence-corrected chi connectivity index (χ2v) is 4.34. The van der Waals surface area contributed by atoms with E-state index in [1.807, 2.05) is 0 Å². The van der Waals surface area contributed by atoms with E-state index in [4.69, 9.17) is 11.6 Å². The number of imidazole rings is 1. The number of aromatic hydroxyl groups is 1. The Morgan fingerprint density at radius 1 is 1.17 bits per heavy atom. The van der Waals surface area contributed by atoms with Gasteiger partial charge in [0.15, 0.2) is 0 Å². The fraction of sp³-hybridized carbons (Fsp3) is 0. The van der Waals surface area contributed by atoms with Crippen LogP contribution in [0.2, 0.25) is 5.02 Å². The third-order valence-electron chi connectivity index (χ3n) is 2.66. The van der Waals surface area contributed by atoms with Gasteiger partial charge in [0, 0.05) is 11.1 Å². The first-order valence-corrected chi connectivity index (χ1v) is 5.65. The summed E-state index contributed by atoms with van der Waals surface area (Å²) in [6.07, 6.45) is 0. The van der Waals surface area contributed by atoms with E-state index in [2.05, 4.69) is 9.97 Å². The molecule has 3 rings (SSSR count). The standard InChI is InChI=1S/C13H8ClFN2O/c14-7-1-4-10-11(5-7)17-13(16-10)9-3-2-8(15)6-12(9)18/h1-6,18H,(H,16,17). The molecule has 2 aromatic carbocycles. The van der Waals surface area contributed by atoms with Crippen molar-refractivity contribution < 1.29 is 9.50 Å². The van der Waals surface area contributed by atoms with Crippen LogP contribution in [0.5, 0.6) is 5.75 Å². The first-order chi connectivity index (χ1) is 8.63. The van der Waals surface area contributed by atoms with Crippen molar-refractivity contribution in [2.45, 2.75) is 0 Å². The number of halogens is 2. The molecule has 3 aromatic rings. The number of phenolic OH excluding ortho intramolecular Hbond substituents is 1. The molecule has 0 aliphatic rings. The molecule has 1 aromatic heterocycles. The minimum Gasteiger partial charge on any atom is -0.507 e. The highest BCUT2D eigenvalue weighted by molar-refractivity contribution is 6.31. The predicted molar refractivity (Wildman–Crippen MR) is 68.2 cm³/mol. The molecule has 0 aliphatic heterocycles. The summed E-state index contributed by atoms with van der Waals surface area (Å²) in [6.45, 7) is 0. The average molecular weight is 263 g/mol. The summed E-state index contributed by atoms with van der Waals surface area (Å²) < 4.78 is 12.9. The maximum atomic E-state index is 12.9. The fourth-order valence-corrected chi connectivity index (χ4v) is 1.99. The Hall–Kier alpha value is -2.07. The van der Waals surface area contributed by atoms with Gasteiger partial charge in [-0.2, -0.15) is 0 Å². The lowest BCUT2D eigenvalue weighted by molar-refractivity contribution is 0.471. The maximum Gasteiger partial charge on any atom is 0.142 e. The Morgan fingerprint density at radius 3 is 2.78 bits per heavy atom. The summed E-state index contributed by atoms with van der Waals surface area (Å²) in [4.78, 5) is 7.35. The molecule has 0 unspecified atom stereocenters. The van der Waals surface area contributed by atoms with Crippen LogP contribution in [-0.2, 0) is 0 Å². The van der Waals surface area contributed by atoms with Gasteiger partial charge in [-0.05, 0) is 30.3 Å². The van der Waals surface area contributed by atoms with Crippen molar-refractivity contribution in [1.29, 1.82) is 0 Å². The smallest absolute Gasteiger partial charge is 0.142 e. The van der Waals surface area contributed by atoms with Crippen LogP contribution in [0.15, 0.2) is 36.4 Å². The molecule has 0 spiro atoms. The SMILES string of the molecule is Oc1cc(F)ccc1-c1nc2ccc(Cl)cc2[nH]1. The zero-order valence-corrected chi connectivity index (χ0v) is 9.87. The topological polar surface area (TPSA) is 48.9 Å². The lowest BCUT2D eigenvalue weighted by Crippen LogP contribution is -1.83. The number of rotatable bonds is 1. The van der Waals surface area contributed by atoms with E-state index >= 15 is 0 Å². The fourth-order valence-electron chi connectivity index (χ4n) is 1.81. The largest absolute Gasteiger partial charge is 0.507 e. The molecule has 0 amide bonds. The number of phenols is 1. The van der Waals surface area contributed by atoms with Gasteiger partial charge in [0.2, 0.25) is 0 Å². The van der Waals surface area contributed by atoms with Crippen LogP contribution >= 0.6 is 11.6 Å². The highest BCUT2D eigenvalue weighted by atomic mass is 35.5. The average Bonchev–Trinajstić information content (AvgIpc) is 2.71. The number of H-pyrrole nitrogens is 1. The minimum atomic E-state index is -0.490. The summed E-state index contributed by atoms with van der Waals surface area (Å²) in [6, 6.07) is 9.06. The van der Waals surface area contributed by atoms with E-state index in [-0.39, 0.29) is 5.75 Å². The minimum absolute atomic E-state index is 0.153. The molecule has 5 heteroatoms. The molecule has 0 saturated heterocycles. The molecule has 0 radical (unpaired) electrons. The van der Waals surface area contributed by atoms with Gasteiger partial charge in [-0.3, -0.25) is 0 Å². The quantitative estimate of drug-likeness (QED) is 0.702. The molecular formula is C13H8ClFN2O. The summed E-state index contributed by atoms with van der Waals surface area (Å²) >= 11 is 5.88. The Balaban J connectivity index is 2.19. The molecule has 0 atom stereocenters. The van der Waals surface area contributed by atoms with Crippen molar-refractivity contribution in [1.82, 2.24) is 9.97 Å². The van der Waals surface area contributed by atoms with E-state index in [1.165, 1.54) is 12.1 Å². The molecule has 0 saturated carbocycles. The van der Waals surface area contributed by atoms with Crippen LogP contribution in [-0.4, -0.2) is 15.1 Å². The zero-order valence-electron chi connectivity index (χ0n) is 9.11. The summed E-state index contributed by atoms with van der Waals surface area (Å²) in [7, 11) is 0. The highest BCUT2D eigenvalue weighted by Crippen LogP contribution is 2.29.